The SMILES string of the molecule is O=C(CN(Cc1ccc(Cl)cc1)S(=O)(=O)c1ccc(Br)cc1)Nc1cccc(C(F)(F)F)c1. The molecule has 0 fully saturated rings. The lowest BCUT2D eigenvalue weighted by molar-refractivity contribution is -0.137. The molecular formula is C22H17BrClF3N2O3S. The summed E-state index contributed by atoms with van der Waals surface area (Å²) in [4.78, 5) is 12.6. The van der Waals surface area contributed by atoms with Gasteiger partial charge >= 0.3 is 6.18 Å². The number of nitrogens with one attached hydrogen (secondary N) is 1. The van der Waals surface area contributed by atoms with Gasteiger partial charge in [0.2, 0.25) is 15.9 Å². The summed E-state index contributed by atoms with van der Waals surface area (Å²) in [6, 6.07) is 16.4. The summed E-state index contributed by atoms with van der Waals surface area (Å²) in [5.74, 6) is -0.788. The maximum atomic E-state index is 13.2. The summed E-state index contributed by atoms with van der Waals surface area (Å²) in [6.45, 7) is -0.761. The van der Waals surface area contributed by atoms with Gasteiger partial charge in [-0.3, -0.25) is 4.79 Å². The van der Waals surface area contributed by atoms with E-state index in [2.05, 4.69) is 21.2 Å². The van der Waals surface area contributed by atoms with Gasteiger partial charge in [-0.15, -0.1) is 0 Å². The second-order valence-corrected chi connectivity index (χ2v) is 10.3. The van der Waals surface area contributed by atoms with Crippen LogP contribution in [0.3, 0.4) is 0 Å². The molecule has 3 rings (SSSR count). The molecule has 0 aromatic heterocycles. The minimum absolute atomic E-state index is 0.0356. The number of amides is 1. The van der Waals surface area contributed by atoms with Crippen LogP contribution in [0, 0.1) is 0 Å². The third-order valence-electron chi connectivity index (χ3n) is 4.52. The summed E-state index contributed by atoms with van der Waals surface area (Å²) in [6.07, 6.45) is -4.58. The van der Waals surface area contributed by atoms with Crippen LogP contribution in [0.25, 0.3) is 0 Å². The average Bonchev–Trinajstić information content (AvgIpc) is 2.74. The molecule has 11 heteroatoms. The van der Waals surface area contributed by atoms with Gasteiger partial charge in [0.05, 0.1) is 17.0 Å². The molecule has 0 aliphatic heterocycles. The van der Waals surface area contributed by atoms with Crippen LogP contribution < -0.4 is 5.32 Å². The third kappa shape index (κ3) is 6.80. The zero-order valence-corrected chi connectivity index (χ0v) is 20.0. The van der Waals surface area contributed by atoms with E-state index in [1.54, 1.807) is 36.4 Å². The maximum absolute atomic E-state index is 13.2. The van der Waals surface area contributed by atoms with Crippen molar-refractivity contribution in [1.82, 2.24) is 4.31 Å². The lowest BCUT2D eigenvalue weighted by Crippen LogP contribution is -2.37. The Morgan fingerprint density at radius 2 is 1.64 bits per heavy atom. The molecule has 1 amide bonds. The third-order valence-corrected chi connectivity index (χ3v) is 7.10. The van der Waals surface area contributed by atoms with Gasteiger partial charge in [-0.2, -0.15) is 17.5 Å². The molecule has 0 saturated carbocycles. The predicted octanol–water partition coefficient (Wildman–Crippen LogP) is 5.95. The zero-order chi connectivity index (χ0) is 24.2. The van der Waals surface area contributed by atoms with Crippen LogP contribution in [0.5, 0.6) is 0 Å². The Morgan fingerprint density at radius 1 is 1.00 bits per heavy atom. The molecule has 33 heavy (non-hydrogen) atoms. The van der Waals surface area contributed by atoms with Gasteiger partial charge in [-0.05, 0) is 60.2 Å². The Kier molecular flexibility index (Phi) is 7.84. The monoisotopic (exact) mass is 560 g/mol. The standard InChI is InChI=1S/C22H17BrClF3N2O3S/c23-17-6-10-20(11-7-17)33(31,32)29(13-15-4-8-18(24)9-5-15)14-21(30)28-19-3-1-2-16(12-19)22(25,26)27/h1-12H,13-14H2,(H,28,30). The largest absolute Gasteiger partial charge is 0.416 e. The highest BCUT2D eigenvalue weighted by Crippen LogP contribution is 2.30. The van der Waals surface area contributed by atoms with Crippen molar-refractivity contribution in [3.05, 3.63) is 93.4 Å². The van der Waals surface area contributed by atoms with E-state index in [4.69, 9.17) is 11.6 Å². The number of nitrogens with zero attached hydrogens (tertiary/aromatic N) is 1. The smallest absolute Gasteiger partial charge is 0.325 e. The van der Waals surface area contributed by atoms with Crippen molar-refractivity contribution < 1.29 is 26.4 Å². The van der Waals surface area contributed by atoms with Crippen LogP contribution in [-0.2, 0) is 27.5 Å². The summed E-state index contributed by atoms with van der Waals surface area (Å²) in [5.41, 5.74) is -0.449. The van der Waals surface area contributed by atoms with Crippen LogP contribution in [0.2, 0.25) is 5.02 Å². The van der Waals surface area contributed by atoms with Crippen LogP contribution in [-0.4, -0.2) is 25.2 Å². The minimum Gasteiger partial charge on any atom is -0.325 e. The number of hydrogen-bond acceptors (Lipinski definition) is 3. The van der Waals surface area contributed by atoms with Gasteiger partial charge in [0.1, 0.15) is 0 Å². The lowest BCUT2D eigenvalue weighted by Gasteiger charge is -2.22. The number of carbonyl (C=O) groups is 1. The highest BCUT2D eigenvalue weighted by molar-refractivity contribution is 9.10. The van der Waals surface area contributed by atoms with Gasteiger partial charge in [-0.1, -0.05) is 45.7 Å². The minimum atomic E-state index is -4.58. The van der Waals surface area contributed by atoms with Crippen molar-refractivity contribution in [3.8, 4) is 0 Å². The van der Waals surface area contributed by atoms with E-state index in [1.807, 2.05) is 0 Å². The second kappa shape index (κ2) is 10.3. The van der Waals surface area contributed by atoms with Gasteiger partial charge in [0, 0.05) is 21.7 Å². The first kappa shape index (κ1) is 25.2. The number of anilines is 1. The summed E-state index contributed by atoms with van der Waals surface area (Å²) < 4.78 is 66.9. The van der Waals surface area contributed by atoms with E-state index in [0.717, 1.165) is 22.5 Å². The van der Waals surface area contributed by atoms with E-state index in [1.165, 1.54) is 18.2 Å². The fourth-order valence-electron chi connectivity index (χ4n) is 2.91. The molecule has 0 heterocycles. The topological polar surface area (TPSA) is 66.5 Å². The maximum Gasteiger partial charge on any atom is 0.416 e. The normalized spacial score (nSPS) is 12.1. The van der Waals surface area contributed by atoms with E-state index < -0.39 is 34.2 Å². The summed E-state index contributed by atoms with van der Waals surface area (Å²) in [7, 11) is -4.11. The first-order valence-corrected chi connectivity index (χ1v) is 12.0. The fourth-order valence-corrected chi connectivity index (χ4v) is 4.68. The molecule has 0 aliphatic rings. The molecule has 1 N–H and O–H groups in total. The number of carbonyl (C=O) groups excluding carboxylic acids is 1. The molecule has 0 spiro atoms. The van der Waals surface area contributed by atoms with Crippen molar-refractivity contribution in [1.29, 1.82) is 0 Å². The van der Waals surface area contributed by atoms with Gasteiger partial charge < -0.3 is 5.32 Å². The van der Waals surface area contributed by atoms with Crippen LogP contribution in [0.1, 0.15) is 11.1 Å². The van der Waals surface area contributed by atoms with Crippen molar-refractivity contribution in [2.45, 2.75) is 17.6 Å². The molecule has 5 nitrogen and oxygen atoms in total. The predicted molar refractivity (Wildman–Crippen MR) is 123 cm³/mol. The number of hydrogen-bond donors (Lipinski definition) is 1. The first-order chi connectivity index (χ1) is 15.4. The molecular weight excluding hydrogens is 545 g/mol. The number of rotatable bonds is 7. The number of benzene rings is 3. The number of halogens is 5. The molecule has 0 atom stereocenters. The summed E-state index contributed by atoms with van der Waals surface area (Å²) >= 11 is 9.13. The van der Waals surface area contributed by atoms with Gasteiger partial charge in [0.25, 0.3) is 0 Å². The highest BCUT2D eigenvalue weighted by atomic mass is 79.9. The zero-order valence-electron chi connectivity index (χ0n) is 16.8. The van der Waals surface area contributed by atoms with E-state index in [0.29, 0.717) is 15.1 Å². The van der Waals surface area contributed by atoms with E-state index in [9.17, 15) is 26.4 Å². The summed E-state index contributed by atoms with van der Waals surface area (Å²) in [5, 5.41) is 2.80. The van der Waals surface area contributed by atoms with Crippen molar-refractivity contribution >= 4 is 49.1 Å². The number of sulfonamides is 1. The number of alkyl halides is 3. The molecule has 0 bridgehead atoms. The second-order valence-electron chi connectivity index (χ2n) is 6.98. The molecule has 0 unspecified atom stereocenters. The van der Waals surface area contributed by atoms with Crippen LogP contribution in [0.15, 0.2) is 82.2 Å². The van der Waals surface area contributed by atoms with Gasteiger partial charge in [-0.25, -0.2) is 8.42 Å². The van der Waals surface area contributed by atoms with E-state index in [-0.39, 0.29) is 17.1 Å². The van der Waals surface area contributed by atoms with Crippen molar-refractivity contribution in [2.24, 2.45) is 0 Å². The highest BCUT2D eigenvalue weighted by Gasteiger charge is 2.31. The van der Waals surface area contributed by atoms with Crippen LogP contribution >= 0.6 is 27.5 Å². The molecule has 0 radical (unpaired) electrons. The average molecular weight is 562 g/mol. The molecule has 0 aliphatic carbocycles. The Labute approximate surface area is 202 Å². The van der Waals surface area contributed by atoms with E-state index >= 15 is 0 Å². The van der Waals surface area contributed by atoms with Crippen molar-refractivity contribution in [3.63, 3.8) is 0 Å². The fraction of sp³-hybridized carbons (Fsp3) is 0.136. The molecule has 174 valence electrons. The van der Waals surface area contributed by atoms with Crippen LogP contribution in [0.4, 0.5) is 18.9 Å². The van der Waals surface area contributed by atoms with Gasteiger partial charge in [0.15, 0.2) is 0 Å². The quantitative estimate of drug-likeness (QED) is 0.388. The Hall–Kier alpha value is -2.40. The Bertz CT molecular complexity index is 1230. The molecule has 3 aromatic rings. The lowest BCUT2D eigenvalue weighted by atomic mass is 10.2. The van der Waals surface area contributed by atoms with Crippen molar-refractivity contribution in [2.75, 3.05) is 11.9 Å². The first-order valence-electron chi connectivity index (χ1n) is 9.42. The Morgan fingerprint density at radius 3 is 2.24 bits per heavy atom. The Balaban J connectivity index is 1.86. The molecule has 3 aromatic carbocycles. The molecule has 0 saturated heterocycles.